The van der Waals surface area contributed by atoms with Crippen LogP contribution in [0.15, 0.2) is 28.9 Å². The highest BCUT2D eigenvalue weighted by Crippen LogP contribution is 2.24. The van der Waals surface area contributed by atoms with Crippen LogP contribution in [-0.4, -0.2) is 10.1 Å². The Labute approximate surface area is 92.3 Å². The summed E-state index contributed by atoms with van der Waals surface area (Å²) in [4.78, 5) is 4.11. The van der Waals surface area contributed by atoms with Gasteiger partial charge in [-0.05, 0) is 30.7 Å². The number of halogens is 1. The van der Waals surface area contributed by atoms with Crippen molar-refractivity contribution in [2.45, 2.75) is 13.5 Å². The number of aryl methyl sites for hydroxylation is 1. The zero-order chi connectivity index (χ0) is 10.8. The van der Waals surface area contributed by atoms with E-state index in [0.29, 0.717) is 16.6 Å². The summed E-state index contributed by atoms with van der Waals surface area (Å²) < 4.78 is 5.22. The van der Waals surface area contributed by atoms with Crippen LogP contribution in [0.2, 0.25) is 5.02 Å². The average Bonchev–Trinajstić information content (AvgIpc) is 2.70. The molecule has 0 atom stereocenters. The van der Waals surface area contributed by atoms with Crippen LogP contribution in [0.3, 0.4) is 0 Å². The summed E-state index contributed by atoms with van der Waals surface area (Å²) in [7, 11) is 0. The standard InChI is InChI=1S/C11H10ClNO2/c1-7-4-8(2-3-10(7)12)11-13-9(5-14)6-15-11/h2-4,6,14H,5H2,1H3. The smallest absolute Gasteiger partial charge is 0.226 e. The van der Waals surface area contributed by atoms with Crippen LogP contribution in [0.4, 0.5) is 0 Å². The van der Waals surface area contributed by atoms with Crippen LogP contribution in [-0.2, 0) is 6.61 Å². The first-order chi connectivity index (χ1) is 7.20. The topological polar surface area (TPSA) is 46.3 Å². The summed E-state index contributed by atoms with van der Waals surface area (Å²) in [6.45, 7) is 1.80. The Bertz CT molecular complexity index is 479. The maximum atomic E-state index is 8.85. The van der Waals surface area contributed by atoms with Gasteiger partial charge in [0.15, 0.2) is 0 Å². The number of rotatable bonds is 2. The lowest BCUT2D eigenvalue weighted by Gasteiger charge is -1.99. The van der Waals surface area contributed by atoms with E-state index in [1.54, 1.807) is 6.07 Å². The summed E-state index contributed by atoms with van der Waals surface area (Å²) in [5, 5.41) is 9.57. The second-order valence-electron chi connectivity index (χ2n) is 3.27. The fraction of sp³-hybridized carbons (Fsp3) is 0.182. The van der Waals surface area contributed by atoms with E-state index < -0.39 is 0 Å². The van der Waals surface area contributed by atoms with Gasteiger partial charge in [-0.25, -0.2) is 4.98 Å². The molecule has 4 heteroatoms. The van der Waals surface area contributed by atoms with E-state index in [-0.39, 0.29) is 6.61 Å². The van der Waals surface area contributed by atoms with Gasteiger partial charge in [0.2, 0.25) is 5.89 Å². The predicted octanol–water partition coefficient (Wildman–Crippen LogP) is 2.80. The van der Waals surface area contributed by atoms with Crippen LogP contribution < -0.4 is 0 Å². The molecule has 2 aromatic rings. The molecule has 0 unspecified atom stereocenters. The van der Waals surface area contributed by atoms with E-state index in [9.17, 15) is 0 Å². The maximum Gasteiger partial charge on any atom is 0.226 e. The molecule has 0 saturated heterocycles. The van der Waals surface area contributed by atoms with Crippen molar-refractivity contribution in [3.05, 3.63) is 40.7 Å². The lowest BCUT2D eigenvalue weighted by Crippen LogP contribution is -1.84. The molecule has 0 aliphatic heterocycles. The van der Waals surface area contributed by atoms with Crippen molar-refractivity contribution in [3.63, 3.8) is 0 Å². The van der Waals surface area contributed by atoms with Crippen molar-refractivity contribution < 1.29 is 9.52 Å². The molecule has 2 rings (SSSR count). The van der Waals surface area contributed by atoms with Crippen molar-refractivity contribution in [3.8, 4) is 11.5 Å². The first-order valence-corrected chi connectivity index (χ1v) is 4.90. The molecule has 3 nitrogen and oxygen atoms in total. The van der Waals surface area contributed by atoms with Gasteiger partial charge in [0.25, 0.3) is 0 Å². The Kier molecular flexibility index (Phi) is 2.75. The van der Waals surface area contributed by atoms with Gasteiger partial charge < -0.3 is 9.52 Å². The third-order valence-corrected chi connectivity index (χ3v) is 2.54. The van der Waals surface area contributed by atoms with Crippen molar-refractivity contribution in [1.82, 2.24) is 4.98 Å². The summed E-state index contributed by atoms with van der Waals surface area (Å²) in [5.74, 6) is 0.499. The normalized spacial score (nSPS) is 10.6. The van der Waals surface area contributed by atoms with Gasteiger partial charge in [-0.3, -0.25) is 0 Å². The number of benzene rings is 1. The first-order valence-electron chi connectivity index (χ1n) is 4.52. The van der Waals surface area contributed by atoms with Gasteiger partial charge in [-0.15, -0.1) is 0 Å². The molecule has 0 fully saturated rings. The van der Waals surface area contributed by atoms with E-state index in [1.807, 2.05) is 19.1 Å². The SMILES string of the molecule is Cc1cc(-c2nc(CO)co2)ccc1Cl. The number of hydrogen-bond donors (Lipinski definition) is 1. The minimum Gasteiger partial charge on any atom is -0.444 e. The second kappa shape index (κ2) is 4.04. The Morgan fingerprint density at radius 2 is 2.27 bits per heavy atom. The van der Waals surface area contributed by atoms with E-state index >= 15 is 0 Å². The van der Waals surface area contributed by atoms with Gasteiger partial charge >= 0.3 is 0 Å². The van der Waals surface area contributed by atoms with Crippen molar-refractivity contribution >= 4 is 11.6 Å². The third kappa shape index (κ3) is 2.03. The Morgan fingerprint density at radius 1 is 1.47 bits per heavy atom. The Morgan fingerprint density at radius 3 is 2.87 bits per heavy atom. The number of nitrogens with zero attached hydrogens (tertiary/aromatic N) is 1. The van der Waals surface area contributed by atoms with E-state index in [2.05, 4.69) is 4.98 Å². The maximum absolute atomic E-state index is 8.85. The zero-order valence-electron chi connectivity index (χ0n) is 8.20. The molecule has 0 aliphatic carbocycles. The molecule has 0 bridgehead atoms. The molecule has 1 N–H and O–H groups in total. The molecule has 1 heterocycles. The molecular formula is C11H10ClNO2. The van der Waals surface area contributed by atoms with Crippen LogP contribution in [0, 0.1) is 6.92 Å². The summed E-state index contributed by atoms with van der Waals surface area (Å²) in [6.07, 6.45) is 1.44. The Hall–Kier alpha value is -1.32. The number of aromatic nitrogens is 1. The van der Waals surface area contributed by atoms with Crippen LogP contribution in [0.25, 0.3) is 11.5 Å². The predicted molar refractivity (Wildman–Crippen MR) is 57.6 cm³/mol. The molecule has 0 amide bonds. The number of hydrogen-bond acceptors (Lipinski definition) is 3. The lowest BCUT2D eigenvalue weighted by molar-refractivity contribution is 0.276. The highest BCUT2D eigenvalue weighted by atomic mass is 35.5. The van der Waals surface area contributed by atoms with Crippen LogP contribution in [0.1, 0.15) is 11.3 Å². The van der Waals surface area contributed by atoms with Gasteiger partial charge in [-0.1, -0.05) is 11.6 Å². The lowest BCUT2D eigenvalue weighted by atomic mass is 10.1. The molecule has 0 aliphatic rings. The minimum absolute atomic E-state index is 0.115. The molecule has 0 spiro atoms. The Balaban J connectivity index is 2.40. The van der Waals surface area contributed by atoms with Crippen molar-refractivity contribution in [1.29, 1.82) is 0 Å². The second-order valence-corrected chi connectivity index (χ2v) is 3.67. The molecule has 15 heavy (non-hydrogen) atoms. The molecule has 1 aromatic heterocycles. The van der Waals surface area contributed by atoms with Crippen molar-refractivity contribution in [2.24, 2.45) is 0 Å². The first kappa shape index (κ1) is 10.2. The summed E-state index contributed by atoms with van der Waals surface area (Å²) >= 11 is 5.91. The fourth-order valence-electron chi connectivity index (χ4n) is 1.29. The van der Waals surface area contributed by atoms with E-state index in [1.165, 1.54) is 6.26 Å². The average molecular weight is 224 g/mol. The van der Waals surface area contributed by atoms with Crippen LogP contribution >= 0.6 is 11.6 Å². The van der Waals surface area contributed by atoms with E-state index in [4.69, 9.17) is 21.1 Å². The number of aliphatic hydroxyl groups is 1. The quantitative estimate of drug-likeness (QED) is 0.852. The summed E-state index contributed by atoms with van der Waals surface area (Å²) in [6, 6.07) is 5.53. The molecular weight excluding hydrogens is 214 g/mol. The molecule has 78 valence electrons. The number of oxazole rings is 1. The van der Waals surface area contributed by atoms with Gasteiger partial charge in [0.1, 0.15) is 12.0 Å². The van der Waals surface area contributed by atoms with Gasteiger partial charge in [0, 0.05) is 10.6 Å². The van der Waals surface area contributed by atoms with Gasteiger partial charge in [-0.2, -0.15) is 0 Å². The monoisotopic (exact) mass is 223 g/mol. The third-order valence-electron chi connectivity index (χ3n) is 2.12. The highest BCUT2D eigenvalue weighted by molar-refractivity contribution is 6.31. The van der Waals surface area contributed by atoms with E-state index in [0.717, 1.165) is 11.1 Å². The number of aliphatic hydroxyl groups excluding tert-OH is 1. The van der Waals surface area contributed by atoms with Crippen LogP contribution in [0.5, 0.6) is 0 Å². The minimum atomic E-state index is -0.115. The molecule has 1 aromatic carbocycles. The fourth-order valence-corrected chi connectivity index (χ4v) is 1.41. The summed E-state index contributed by atoms with van der Waals surface area (Å²) in [5.41, 5.74) is 2.35. The van der Waals surface area contributed by atoms with Crippen molar-refractivity contribution in [2.75, 3.05) is 0 Å². The molecule has 0 saturated carbocycles. The zero-order valence-corrected chi connectivity index (χ0v) is 8.95. The van der Waals surface area contributed by atoms with Gasteiger partial charge in [0.05, 0.1) is 6.61 Å². The highest BCUT2D eigenvalue weighted by Gasteiger charge is 2.07. The molecule has 0 radical (unpaired) electrons. The largest absolute Gasteiger partial charge is 0.444 e.